The van der Waals surface area contributed by atoms with Crippen molar-refractivity contribution in [1.29, 1.82) is 0 Å². The molecule has 9 heteroatoms. The van der Waals surface area contributed by atoms with Crippen LogP contribution < -0.4 is 16.0 Å². The summed E-state index contributed by atoms with van der Waals surface area (Å²) in [6, 6.07) is -2.49. The van der Waals surface area contributed by atoms with Gasteiger partial charge in [0, 0.05) is 18.5 Å². The number of carbonyl (C=O) groups is 5. The van der Waals surface area contributed by atoms with E-state index in [-0.39, 0.29) is 52.3 Å². The van der Waals surface area contributed by atoms with E-state index >= 15 is 0 Å². The van der Waals surface area contributed by atoms with E-state index < -0.39 is 35.2 Å². The molecule has 0 spiro atoms. The summed E-state index contributed by atoms with van der Waals surface area (Å²) in [4.78, 5) is 68.1. The minimum absolute atomic E-state index is 0.0168. The van der Waals surface area contributed by atoms with Crippen molar-refractivity contribution in [3.63, 3.8) is 0 Å². The van der Waals surface area contributed by atoms with E-state index in [0.717, 1.165) is 19.3 Å². The fourth-order valence-electron chi connectivity index (χ4n) is 6.21. The zero-order chi connectivity index (χ0) is 29.2. The molecule has 9 nitrogen and oxygen atoms in total. The molecule has 0 bridgehead atoms. The Morgan fingerprint density at radius 1 is 0.974 bits per heavy atom. The molecule has 4 aliphatic rings. The monoisotopic (exact) mass is 544 g/mol. The largest absolute Gasteiger partial charge is 0.346 e. The third kappa shape index (κ3) is 6.02. The van der Waals surface area contributed by atoms with E-state index in [1.807, 2.05) is 34.6 Å². The van der Waals surface area contributed by atoms with Crippen molar-refractivity contribution in [3.8, 4) is 0 Å². The van der Waals surface area contributed by atoms with Gasteiger partial charge >= 0.3 is 0 Å². The predicted octanol–water partition coefficient (Wildman–Crippen LogP) is 2.43. The Balaban J connectivity index is 1.53. The minimum atomic E-state index is -0.913. The number of carbonyl (C=O) groups excluding carboxylic acids is 5. The quantitative estimate of drug-likeness (QED) is 0.365. The van der Waals surface area contributed by atoms with Crippen molar-refractivity contribution in [3.05, 3.63) is 0 Å². The van der Waals surface area contributed by atoms with E-state index in [0.29, 0.717) is 18.9 Å². The van der Waals surface area contributed by atoms with Gasteiger partial charge in [-0.2, -0.15) is 0 Å². The number of ketones is 1. The molecule has 0 aromatic carbocycles. The summed E-state index contributed by atoms with van der Waals surface area (Å²) in [6.07, 6.45) is 3.21. The molecule has 4 unspecified atom stereocenters. The van der Waals surface area contributed by atoms with Gasteiger partial charge in [-0.25, -0.2) is 0 Å². The molecule has 1 aliphatic heterocycles. The number of nitrogens with one attached hydrogen (secondary N) is 3. The van der Waals surface area contributed by atoms with Crippen molar-refractivity contribution in [2.75, 3.05) is 6.54 Å². The lowest BCUT2D eigenvalue weighted by atomic mass is 9.84. The van der Waals surface area contributed by atoms with E-state index in [1.54, 1.807) is 18.7 Å². The Bertz CT molecular complexity index is 1050. The normalized spacial score (nSPS) is 29.6. The van der Waals surface area contributed by atoms with E-state index in [2.05, 4.69) is 29.8 Å². The van der Waals surface area contributed by atoms with Crippen LogP contribution in [0.2, 0.25) is 0 Å². The summed E-state index contributed by atoms with van der Waals surface area (Å²) in [6.45, 7) is 18.0. The Labute approximate surface area is 233 Å². The first-order valence-corrected chi connectivity index (χ1v) is 14.6. The van der Waals surface area contributed by atoms with Crippen LogP contribution in [0, 0.1) is 39.9 Å². The molecule has 3 N–H and O–H groups in total. The number of hydrogen-bond acceptors (Lipinski definition) is 5. The molecular formula is C30H48N4O5. The number of fused-ring (bicyclic) bond motifs is 1. The third-order valence-electron chi connectivity index (χ3n) is 9.63. The molecule has 218 valence electrons. The summed E-state index contributed by atoms with van der Waals surface area (Å²) in [5, 5.41) is 8.66. The lowest BCUT2D eigenvalue weighted by molar-refractivity contribution is -0.147. The number of amides is 4. The maximum atomic E-state index is 13.9. The SMILES string of the molecule is CC(C)C(=O)N[C@H](C(=O)N1CC2C(C1C(=O)NC(CC1CC1)C(=O)C(=O)N[C@H]1CC1(C)C)C2(C)C)C(C)(C)C. The molecule has 0 radical (unpaired) electrons. The smallest absolute Gasteiger partial charge is 0.289 e. The summed E-state index contributed by atoms with van der Waals surface area (Å²) < 4.78 is 0. The number of piperidine rings is 1. The molecule has 0 aromatic rings. The van der Waals surface area contributed by atoms with Crippen LogP contribution in [0.5, 0.6) is 0 Å². The molecule has 3 saturated carbocycles. The van der Waals surface area contributed by atoms with Gasteiger partial charge < -0.3 is 20.9 Å². The van der Waals surface area contributed by atoms with Gasteiger partial charge in [-0.15, -0.1) is 0 Å². The zero-order valence-electron chi connectivity index (χ0n) is 25.1. The van der Waals surface area contributed by atoms with Crippen LogP contribution in [0.25, 0.3) is 0 Å². The number of Topliss-reactive ketones (excluding diaryl/α,β-unsaturated/α-hetero) is 1. The van der Waals surface area contributed by atoms with Gasteiger partial charge in [-0.1, -0.05) is 75.2 Å². The molecule has 1 heterocycles. The average molecular weight is 545 g/mol. The lowest BCUT2D eigenvalue weighted by Crippen LogP contribution is -2.61. The summed E-state index contributed by atoms with van der Waals surface area (Å²) in [5.41, 5.74) is -0.691. The highest BCUT2D eigenvalue weighted by Crippen LogP contribution is 2.65. The Hall–Kier alpha value is -2.45. The Morgan fingerprint density at radius 3 is 2.05 bits per heavy atom. The first-order chi connectivity index (χ1) is 17.9. The minimum Gasteiger partial charge on any atom is -0.346 e. The van der Waals surface area contributed by atoms with Crippen molar-refractivity contribution in [2.45, 2.75) is 112 Å². The number of rotatable bonds is 10. The van der Waals surface area contributed by atoms with Crippen LogP contribution in [-0.2, 0) is 24.0 Å². The average Bonchev–Trinajstić information content (AvgIpc) is 3.75. The molecule has 4 fully saturated rings. The van der Waals surface area contributed by atoms with Gasteiger partial charge in [0.05, 0.1) is 6.04 Å². The van der Waals surface area contributed by atoms with Crippen molar-refractivity contribution >= 4 is 29.4 Å². The Morgan fingerprint density at radius 2 is 1.56 bits per heavy atom. The van der Waals surface area contributed by atoms with Crippen LogP contribution in [0.3, 0.4) is 0 Å². The van der Waals surface area contributed by atoms with Crippen LogP contribution in [0.1, 0.15) is 88.0 Å². The maximum Gasteiger partial charge on any atom is 0.289 e. The van der Waals surface area contributed by atoms with Gasteiger partial charge in [0.1, 0.15) is 12.1 Å². The highest BCUT2D eigenvalue weighted by molar-refractivity contribution is 6.38. The molecule has 4 rings (SSSR count). The highest BCUT2D eigenvalue weighted by Gasteiger charge is 2.70. The maximum absolute atomic E-state index is 13.9. The third-order valence-corrected chi connectivity index (χ3v) is 9.63. The summed E-state index contributed by atoms with van der Waals surface area (Å²) >= 11 is 0. The van der Waals surface area contributed by atoms with Gasteiger partial charge in [0.25, 0.3) is 5.91 Å². The van der Waals surface area contributed by atoms with Gasteiger partial charge in [-0.3, -0.25) is 24.0 Å². The number of hydrogen-bond donors (Lipinski definition) is 3. The number of likely N-dealkylation sites (tertiary alicyclic amines) is 1. The van der Waals surface area contributed by atoms with E-state index in [1.165, 1.54) is 0 Å². The zero-order valence-corrected chi connectivity index (χ0v) is 25.1. The standard InChI is InChI=1S/C30H48N4O5/c1-15(2)24(36)33-23(28(3,4)5)27(39)34-14-17-20(30(17,8)9)21(34)25(37)31-18(12-16-10-11-16)22(35)26(38)32-19-13-29(19,6)7/h15-21,23H,10-14H2,1-9H3,(H,31,37)(H,32,38)(H,33,36)/t17?,18?,19-,20?,21?,23+/m0/s1. The highest BCUT2D eigenvalue weighted by atomic mass is 16.2. The topological polar surface area (TPSA) is 125 Å². The van der Waals surface area contributed by atoms with Crippen LogP contribution in [-0.4, -0.2) is 65.0 Å². The second-order valence-corrected chi connectivity index (χ2v) is 15.2. The molecule has 0 aromatic heterocycles. The van der Waals surface area contributed by atoms with Gasteiger partial charge in [0.15, 0.2) is 0 Å². The second-order valence-electron chi connectivity index (χ2n) is 15.2. The molecule has 6 atom stereocenters. The molecule has 4 amide bonds. The first-order valence-electron chi connectivity index (χ1n) is 14.6. The first kappa shape index (κ1) is 29.5. The Kier molecular flexibility index (Phi) is 7.48. The second kappa shape index (κ2) is 9.88. The molecule has 39 heavy (non-hydrogen) atoms. The molecule has 3 aliphatic carbocycles. The van der Waals surface area contributed by atoms with Crippen LogP contribution in [0.4, 0.5) is 0 Å². The van der Waals surface area contributed by atoms with Gasteiger partial charge in [-0.05, 0) is 46.8 Å². The van der Waals surface area contributed by atoms with E-state index in [9.17, 15) is 24.0 Å². The van der Waals surface area contributed by atoms with Crippen molar-refractivity contribution in [2.24, 2.45) is 39.9 Å². The lowest BCUT2D eigenvalue weighted by Gasteiger charge is -2.38. The fraction of sp³-hybridized carbons (Fsp3) is 0.833. The summed E-state index contributed by atoms with van der Waals surface area (Å²) in [5.74, 6) is -1.99. The van der Waals surface area contributed by atoms with E-state index in [4.69, 9.17) is 0 Å². The number of nitrogens with zero attached hydrogens (tertiary/aromatic N) is 1. The van der Waals surface area contributed by atoms with Gasteiger partial charge in [0.2, 0.25) is 23.5 Å². The summed E-state index contributed by atoms with van der Waals surface area (Å²) in [7, 11) is 0. The predicted molar refractivity (Wildman–Crippen MR) is 147 cm³/mol. The van der Waals surface area contributed by atoms with Crippen molar-refractivity contribution < 1.29 is 24.0 Å². The van der Waals surface area contributed by atoms with Crippen LogP contribution in [0.15, 0.2) is 0 Å². The fourth-order valence-corrected chi connectivity index (χ4v) is 6.21. The van der Waals surface area contributed by atoms with Crippen molar-refractivity contribution in [1.82, 2.24) is 20.9 Å². The molecule has 1 saturated heterocycles. The van der Waals surface area contributed by atoms with Crippen LogP contribution >= 0.6 is 0 Å². The molecular weight excluding hydrogens is 496 g/mol.